The van der Waals surface area contributed by atoms with E-state index in [1.54, 1.807) is 0 Å². The zero-order chi connectivity index (χ0) is 12.7. The molecule has 1 heteroatoms. The molecule has 0 amide bonds. The van der Waals surface area contributed by atoms with Gasteiger partial charge in [-0.2, -0.15) is 0 Å². The SMILES string of the molecule is C=C(O)Cc1ccc2c(c1)-c1ccccc1C2C. The Kier molecular flexibility index (Phi) is 2.48. The Morgan fingerprint density at radius 1 is 1.11 bits per heavy atom. The summed E-state index contributed by atoms with van der Waals surface area (Å²) in [6.45, 7) is 5.80. The first-order valence-corrected chi connectivity index (χ1v) is 6.25. The van der Waals surface area contributed by atoms with Crippen LogP contribution in [0, 0.1) is 0 Å². The van der Waals surface area contributed by atoms with Crippen LogP contribution in [0.5, 0.6) is 0 Å². The van der Waals surface area contributed by atoms with Crippen molar-refractivity contribution in [2.45, 2.75) is 19.3 Å². The van der Waals surface area contributed by atoms with E-state index in [4.69, 9.17) is 0 Å². The number of hydrogen-bond donors (Lipinski definition) is 1. The van der Waals surface area contributed by atoms with Crippen LogP contribution in [0.25, 0.3) is 11.1 Å². The third-order valence-corrected chi connectivity index (χ3v) is 3.71. The third-order valence-electron chi connectivity index (χ3n) is 3.71. The Bertz CT molecular complexity index is 625. The van der Waals surface area contributed by atoms with E-state index in [1.807, 2.05) is 0 Å². The second-order valence-corrected chi connectivity index (χ2v) is 4.97. The molecular weight excluding hydrogens is 220 g/mol. The first-order chi connectivity index (χ1) is 8.66. The summed E-state index contributed by atoms with van der Waals surface area (Å²) in [7, 11) is 0. The minimum atomic E-state index is 0.217. The summed E-state index contributed by atoms with van der Waals surface area (Å²) >= 11 is 0. The van der Waals surface area contributed by atoms with Crippen molar-refractivity contribution in [1.29, 1.82) is 0 Å². The lowest BCUT2D eigenvalue weighted by Gasteiger charge is -2.07. The Morgan fingerprint density at radius 2 is 1.83 bits per heavy atom. The van der Waals surface area contributed by atoms with Gasteiger partial charge in [0.15, 0.2) is 0 Å². The number of allylic oxidation sites excluding steroid dienone is 1. The number of fused-ring (bicyclic) bond motifs is 3. The molecule has 1 aliphatic rings. The summed E-state index contributed by atoms with van der Waals surface area (Å²) < 4.78 is 0. The number of rotatable bonds is 2. The number of aliphatic hydroxyl groups is 1. The molecular formula is C17H16O. The first kappa shape index (κ1) is 11.1. The van der Waals surface area contributed by atoms with Crippen molar-refractivity contribution in [1.82, 2.24) is 0 Å². The molecule has 3 rings (SSSR count). The highest BCUT2D eigenvalue weighted by Gasteiger charge is 2.24. The number of aliphatic hydroxyl groups excluding tert-OH is 1. The predicted octanol–water partition coefficient (Wildman–Crippen LogP) is 4.43. The van der Waals surface area contributed by atoms with E-state index in [9.17, 15) is 5.11 Å². The maximum Gasteiger partial charge on any atom is 0.0894 e. The van der Waals surface area contributed by atoms with Crippen LogP contribution >= 0.6 is 0 Å². The van der Waals surface area contributed by atoms with Crippen LogP contribution in [0.4, 0.5) is 0 Å². The molecule has 2 aromatic rings. The van der Waals surface area contributed by atoms with Crippen LogP contribution in [0.1, 0.15) is 29.5 Å². The molecule has 1 unspecified atom stereocenters. The van der Waals surface area contributed by atoms with Gasteiger partial charge in [-0.15, -0.1) is 0 Å². The van der Waals surface area contributed by atoms with Gasteiger partial charge in [0, 0.05) is 12.3 Å². The molecule has 0 heterocycles. The molecule has 0 aromatic heterocycles. The van der Waals surface area contributed by atoms with E-state index in [0.29, 0.717) is 12.3 Å². The Morgan fingerprint density at radius 3 is 2.61 bits per heavy atom. The van der Waals surface area contributed by atoms with Crippen molar-refractivity contribution >= 4 is 0 Å². The summed E-state index contributed by atoms with van der Waals surface area (Å²) in [6.07, 6.45) is 0.532. The monoisotopic (exact) mass is 236 g/mol. The molecule has 0 fully saturated rings. The Balaban J connectivity index is 2.13. The van der Waals surface area contributed by atoms with Crippen molar-refractivity contribution in [2.24, 2.45) is 0 Å². The van der Waals surface area contributed by atoms with E-state index >= 15 is 0 Å². The first-order valence-electron chi connectivity index (χ1n) is 6.25. The number of hydrogen-bond acceptors (Lipinski definition) is 1. The van der Waals surface area contributed by atoms with E-state index in [-0.39, 0.29) is 5.76 Å². The van der Waals surface area contributed by atoms with Crippen LogP contribution in [0.2, 0.25) is 0 Å². The molecule has 90 valence electrons. The van der Waals surface area contributed by atoms with E-state index in [1.165, 1.54) is 22.3 Å². The van der Waals surface area contributed by atoms with Crippen LogP contribution < -0.4 is 0 Å². The lowest BCUT2D eigenvalue weighted by molar-refractivity contribution is 0.401. The van der Waals surface area contributed by atoms with Gasteiger partial charge in [-0.3, -0.25) is 0 Å². The van der Waals surface area contributed by atoms with Gasteiger partial charge in [-0.1, -0.05) is 56.0 Å². The molecule has 1 nitrogen and oxygen atoms in total. The van der Waals surface area contributed by atoms with Crippen molar-refractivity contribution in [3.05, 3.63) is 71.5 Å². The van der Waals surface area contributed by atoms with Gasteiger partial charge in [0.2, 0.25) is 0 Å². The van der Waals surface area contributed by atoms with Gasteiger partial charge >= 0.3 is 0 Å². The molecule has 2 aromatic carbocycles. The van der Waals surface area contributed by atoms with Gasteiger partial charge in [-0.25, -0.2) is 0 Å². The Hall–Kier alpha value is -2.02. The zero-order valence-electron chi connectivity index (χ0n) is 10.5. The van der Waals surface area contributed by atoms with Crippen molar-refractivity contribution < 1.29 is 5.11 Å². The maximum absolute atomic E-state index is 9.31. The third kappa shape index (κ3) is 1.63. The molecule has 1 atom stereocenters. The normalized spacial score (nSPS) is 16.2. The fraction of sp³-hybridized carbons (Fsp3) is 0.176. The van der Waals surface area contributed by atoms with Gasteiger partial charge in [0.05, 0.1) is 5.76 Å². The maximum atomic E-state index is 9.31. The van der Waals surface area contributed by atoms with Crippen LogP contribution in [-0.2, 0) is 6.42 Å². The molecule has 0 bridgehead atoms. The molecule has 0 radical (unpaired) electrons. The van der Waals surface area contributed by atoms with Gasteiger partial charge in [-0.05, 0) is 27.8 Å². The summed E-state index contributed by atoms with van der Waals surface area (Å²) in [4.78, 5) is 0. The molecule has 0 aliphatic heterocycles. The quantitative estimate of drug-likeness (QED) is 0.764. The van der Waals surface area contributed by atoms with Crippen molar-refractivity contribution in [3.63, 3.8) is 0 Å². The fourth-order valence-electron chi connectivity index (χ4n) is 2.85. The minimum Gasteiger partial charge on any atom is -0.513 e. The predicted molar refractivity (Wildman–Crippen MR) is 74.9 cm³/mol. The molecule has 1 N–H and O–H groups in total. The van der Waals surface area contributed by atoms with E-state index < -0.39 is 0 Å². The van der Waals surface area contributed by atoms with Crippen molar-refractivity contribution in [3.8, 4) is 11.1 Å². The average molecular weight is 236 g/mol. The van der Waals surface area contributed by atoms with Gasteiger partial charge in [0.25, 0.3) is 0 Å². The van der Waals surface area contributed by atoms with Crippen LogP contribution in [-0.4, -0.2) is 5.11 Å². The minimum absolute atomic E-state index is 0.217. The molecule has 0 saturated heterocycles. The van der Waals surface area contributed by atoms with Crippen LogP contribution in [0.15, 0.2) is 54.8 Å². The van der Waals surface area contributed by atoms with Crippen molar-refractivity contribution in [2.75, 3.05) is 0 Å². The lowest BCUT2D eigenvalue weighted by Crippen LogP contribution is -1.91. The smallest absolute Gasteiger partial charge is 0.0894 e. The second kappa shape index (κ2) is 4.02. The van der Waals surface area contributed by atoms with E-state index in [2.05, 4.69) is 56.0 Å². The fourth-order valence-corrected chi connectivity index (χ4v) is 2.85. The highest BCUT2D eigenvalue weighted by atomic mass is 16.3. The topological polar surface area (TPSA) is 20.2 Å². The standard InChI is InChI=1S/C17H16O/c1-11(18)9-13-7-8-15-12(2)14-5-3-4-6-16(14)17(15)10-13/h3-8,10,12,18H,1,9H2,2H3. The summed E-state index contributed by atoms with van der Waals surface area (Å²) in [5.74, 6) is 0.678. The van der Waals surface area contributed by atoms with E-state index in [0.717, 1.165) is 5.56 Å². The largest absolute Gasteiger partial charge is 0.513 e. The zero-order valence-corrected chi connectivity index (χ0v) is 10.5. The Labute approximate surface area is 107 Å². The lowest BCUT2D eigenvalue weighted by atomic mass is 9.98. The van der Waals surface area contributed by atoms with Gasteiger partial charge < -0.3 is 5.11 Å². The average Bonchev–Trinajstić information content (AvgIpc) is 2.63. The van der Waals surface area contributed by atoms with Gasteiger partial charge in [0.1, 0.15) is 0 Å². The molecule has 0 spiro atoms. The summed E-state index contributed by atoms with van der Waals surface area (Å²) in [5.41, 5.74) is 6.52. The molecule has 0 saturated carbocycles. The highest BCUT2D eigenvalue weighted by Crippen LogP contribution is 2.44. The summed E-state index contributed by atoms with van der Waals surface area (Å²) in [6, 6.07) is 15.0. The number of benzene rings is 2. The second-order valence-electron chi connectivity index (χ2n) is 4.97. The molecule has 18 heavy (non-hydrogen) atoms. The summed E-state index contributed by atoms with van der Waals surface area (Å²) in [5, 5.41) is 9.31. The highest BCUT2D eigenvalue weighted by molar-refractivity contribution is 5.79. The van der Waals surface area contributed by atoms with Crippen LogP contribution in [0.3, 0.4) is 0 Å². The molecule has 1 aliphatic carbocycles.